The van der Waals surface area contributed by atoms with Crippen LogP contribution in [-0.4, -0.2) is 22.7 Å². The predicted molar refractivity (Wildman–Crippen MR) is 52.9 cm³/mol. The highest BCUT2D eigenvalue weighted by atomic mass is 16.1. The van der Waals surface area contributed by atoms with Gasteiger partial charge in [0.25, 0.3) is 5.91 Å². The predicted octanol–water partition coefficient (Wildman–Crippen LogP) is 0.733. The highest BCUT2D eigenvalue weighted by Crippen LogP contribution is 2.13. The second kappa shape index (κ2) is 3.14. The molecule has 0 aliphatic heterocycles. The highest BCUT2D eigenvalue weighted by Gasteiger charge is 2.06. The van der Waals surface area contributed by atoms with Gasteiger partial charge in [0, 0.05) is 25.0 Å². The van der Waals surface area contributed by atoms with E-state index in [0.29, 0.717) is 5.56 Å². The van der Waals surface area contributed by atoms with Gasteiger partial charge in [-0.1, -0.05) is 0 Å². The maximum absolute atomic E-state index is 11.3. The van der Waals surface area contributed by atoms with E-state index in [1.807, 2.05) is 7.05 Å². The zero-order chi connectivity index (χ0) is 10.1. The van der Waals surface area contributed by atoms with E-state index < -0.39 is 0 Å². The van der Waals surface area contributed by atoms with Gasteiger partial charge in [0.15, 0.2) is 0 Å². The molecule has 0 atom stereocenters. The summed E-state index contributed by atoms with van der Waals surface area (Å²) >= 11 is 0. The molecule has 1 amide bonds. The molecule has 0 saturated heterocycles. The summed E-state index contributed by atoms with van der Waals surface area (Å²) < 4.78 is 1.72. The van der Waals surface area contributed by atoms with E-state index in [1.54, 1.807) is 30.1 Å². The minimum absolute atomic E-state index is 0.107. The number of rotatable bonds is 1. The molecule has 71 valence electrons. The summed E-state index contributed by atoms with van der Waals surface area (Å²) in [5, 5.41) is 7.56. The molecule has 0 bridgehead atoms. The van der Waals surface area contributed by atoms with Crippen molar-refractivity contribution in [1.29, 1.82) is 0 Å². The number of carbonyl (C=O) groups is 1. The quantitative estimate of drug-likeness (QED) is 0.717. The fraction of sp³-hybridized carbons (Fsp3) is 0.200. The Bertz CT molecular complexity index is 487. The third kappa shape index (κ3) is 1.25. The van der Waals surface area contributed by atoms with E-state index in [0.717, 1.165) is 10.9 Å². The van der Waals surface area contributed by atoms with Crippen LogP contribution in [-0.2, 0) is 7.05 Å². The van der Waals surface area contributed by atoms with Gasteiger partial charge in [-0.3, -0.25) is 9.48 Å². The van der Waals surface area contributed by atoms with E-state index in [1.165, 1.54) is 0 Å². The Morgan fingerprint density at radius 1 is 1.64 bits per heavy atom. The van der Waals surface area contributed by atoms with Crippen LogP contribution in [0.15, 0.2) is 18.3 Å². The summed E-state index contributed by atoms with van der Waals surface area (Å²) in [7, 11) is 3.44. The van der Waals surface area contributed by atoms with Gasteiger partial charge in [-0.25, -0.2) is 0 Å². The van der Waals surface area contributed by atoms with Crippen molar-refractivity contribution in [3.63, 3.8) is 0 Å². The van der Waals surface area contributed by atoms with E-state index >= 15 is 0 Å². The maximum atomic E-state index is 11.3. The van der Waals surface area contributed by atoms with Gasteiger partial charge in [-0.15, -0.1) is 0 Å². The molecule has 0 saturated carbocycles. The van der Waals surface area contributed by atoms with Gasteiger partial charge in [0.2, 0.25) is 0 Å². The van der Waals surface area contributed by atoms with Crippen molar-refractivity contribution in [1.82, 2.24) is 15.1 Å². The first kappa shape index (κ1) is 8.74. The Morgan fingerprint density at radius 3 is 3.14 bits per heavy atom. The number of nitrogens with one attached hydrogen (secondary N) is 1. The lowest BCUT2D eigenvalue weighted by Gasteiger charge is -1.99. The molecule has 1 aromatic carbocycles. The van der Waals surface area contributed by atoms with Crippen LogP contribution in [0.1, 0.15) is 10.4 Å². The molecule has 0 aliphatic rings. The fourth-order valence-electron chi connectivity index (χ4n) is 1.35. The second-order valence-corrected chi connectivity index (χ2v) is 3.03. The topological polar surface area (TPSA) is 46.9 Å². The SMILES string of the molecule is CNC(=O)c1c[c]c2cnn(C)c2c1. The molecule has 1 aromatic heterocycles. The van der Waals surface area contributed by atoms with E-state index in [9.17, 15) is 4.79 Å². The lowest BCUT2D eigenvalue weighted by atomic mass is 10.1. The Hall–Kier alpha value is -1.84. The molecule has 2 rings (SSSR count). The molecule has 2 aromatic rings. The van der Waals surface area contributed by atoms with Crippen LogP contribution < -0.4 is 5.32 Å². The zero-order valence-electron chi connectivity index (χ0n) is 8.03. The van der Waals surface area contributed by atoms with Crippen molar-refractivity contribution in [2.75, 3.05) is 7.05 Å². The molecule has 1 heterocycles. The number of nitrogens with zero attached hydrogens (tertiary/aromatic N) is 2. The fourth-order valence-corrected chi connectivity index (χ4v) is 1.35. The molecule has 4 heteroatoms. The van der Waals surface area contributed by atoms with Crippen molar-refractivity contribution >= 4 is 16.8 Å². The first-order chi connectivity index (χ1) is 6.72. The van der Waals surface area contributed by atoms with Crippen molar-refractivity contribution in [2.24, 2.45) is 7.05 Å². The number of benzene rings is 1. The summed E-state index contributed by atoms with van der Waals surface area (Å²) in [5.74, 6) is -0.107. The van der Waals surface area contributed by atoms with Gasteiger partial charge in [-0.05, 0) is 18.2 Å². The number of carbonyl (C=O) groups excluding carboxylic acids is 1. The van der Waals surface area contributed by atoms with Gasteiger partial charge >= 0.3 is 0 Å². The average molecular weight is 188 g/mol. The van der Waals surface area contributed by atoms with E-state index in [-0.39, 0.29) is 5.91 Å². The Balaban J connectivity index is 2.60. The standard InChI is InChI=1S/C10H10N3O/c1-11-10(14)7-3-4-8-6-12-13(2)9(8)5-7/h3,5-6H,1-2H3,(H,11,14). The normalized spacial score (nSPS) is 10.4. The number of aryl methyl sites for hydroxylation is 1. The molecule has 1 radical (unpaired) electrons. The third-order valence-corrected chi connectivity index (χ3v) is 2.15. The van der Waals surface area contributed by atoms with Crippen molar-refractivity contribution in [2.45, 2.75) is 0 Å². The number of hydrogen-bond donors (Lipinski definition) is 1. The largest absolute Gasteiger partial charge is 0.355 e. The van der Waals surface area contributed by atoms with Crippen LogP contribution in [0.3, 0.4) is 0 Å². The molecular formula is C10H10N3O. The van der Waals surface area contributed by atoms with Crippen molar-refractivity contribution in [3.8, 4) is 0 Å². The van der Waals surface area contributed by atoms with Gasteiger partial charge in [-0.2, -0.15) is 5.10 Å². The molecule has 4 nitrogen and oxygen atoms in total. The highest BCUT2D eigenvalue weighted by molar-refractivity contribution is 5.97. The van der Waals surface area contributed by atoms with Crippen LogP contribution in [0, 0.1) is 6.07 Å². The van der Waals surface area contributed by atoms with Gasteiger partial charge in [0.1, 0.15) is 0 Å². The first-order valence-electron chi connectivity index (χ1n) is 4.28. The van der Waals surface area contributed by atoms with Crippen molar-refractivity contribution in [3.05, 3.63) is 30.0 Å². The summed E-state index contributed by atoms with van der Waals surface area (Å²) in [6.07, 6.45) is 1.73. The molecule has 0 spiro atoms. The smallest absolute Gasteiger partial charge is 0.251 e. The monoisotopic (exact) mass is 188 g/mol. The molecule has 14 heavy (non-hydrogen) atoms. The summed E-state index contributed by atoms with van der Waals surface area (Å²) in [6, 6.07) is 6.48. The molecule has 0 unspecified atom stereocenters. The summed E-state index contributed by atoms with van der Waals surface area (Å²) in [6.45, 7) is 0. The summed E-state index contributed by atoms with van der Waals surface area (Å²) in [5.41, 5.74) is 1.51. The number of hydrogen-bond acceptors (Lipinski definition) is 2. The van der Waals surface area contributed by atoms with Crippen LogP contribution >= 0.6 is 0 Å². The summed E-state index contributed by atoms with van der Waals surface area (Å²) in [4.78, 5) is 11.3. The molecule has 0 aliphatic carbocycles. The Morgan fingerprint density at radius 2 is 2.43 bits per heavy atom. The maximum Gasteiger partial charge on any atom is 0.251 e. The third-order valence-electron chi connectivity index (χ3n) is 2.15. The lowest BCUT2D eigenvalue weighted by molar-refractivity contribution is 0.0963. The second-order valence-electron chi connectivity index (χ2n) is 3.03. The molecule has 0 fully saturated rings. The van der Waals surface area contributed by atoms with Crippen LogP contribution in [0.25, 0.3) is 10.9 Å². The minimum Gasteiger partial charge on any atom is -0.355 e. The van der Waals surface area contributed by atoms with Crippen LogP contribution in [0.2, 0.25) is 0 Å². The van der Waals surface area contributed by atoms with Gasteiger partial charge < -0.3 is 5.32 Å². The molecule has 1 N–H and O–H groups in total. The zero-order valence-corrected chi connectivity index (χ0v) is 8.03. The van der Waals surface area contributed by atoms with Crippen LogP contribution in [0.5, 0.6) is 0 Å². The number of amides is 1. The van der Waals surface area contributed by atoms with Gasteiger partial charge in [0.05, 0.1) is 11.7 Å². The minimum atomic E-state index is -0.107. The lowest BCUT2D eigenvalue weighted by Crippen LogP contribution is -2.17. The van der Waals surface area contributed by atoms with E-state index in [2.05, 4.69) is 16.5 Å². The Kier molecular flexibility index (Phi) is 1.96. The first-order valence-corrected chi connectivity index (χ1v) is 4.28. The Labute approximate surface area is 81.5 Å². The number of aromatic nitrogens is 2. The average Bonchev–Trinajstić information content (AvgIpc) is 2.59. The molecular weight excluding hydrogens is 178 g/mol. The van der Waals surface area contributed by atoms with Crippen LogP contribution in [0.4, 0.5) is 0 Å². The van der Waals surface area contributed by atoms with E-state index in [4.69, 9.17) is 0 Å². The number of fused-ring (bicyclic) bond motifs is 1. The van der Waals surface area contributed by atoms with Crippen molar-refractivity contribution < 1.29 is 4.79 Å².